The highest BCUT2D eigenvalue weighted by molar-refractivity contribution is 9.10. The van der Waals surface area contributed by atoms with Crippen molar-refractivity contribution in [3.8, 4) is 0 Å². The Balaban J connectivity index is 2.31. The molecule has 1 atom stereocenters. The summed E-state index contributed by atoms with van der Waals surface area (Å²) in [5.74, 6) is -0.740. The zero-order valence-electron chi connectivity index (χ0n) is 8.48. The first-order valence-corrected chi connectivity index (χ1v) is 5.99. The van der Waals surface area contributed by atoms with Gasteiger partial charge in [0.1, 0.15) is 6.04 Å². The van der Waals surface area contributed by atoms with E-state index in [1.54, 1.807) is 0 Å². The van der Waals surface area contributed by atoms with Crippen LogP contribution in [0.15, 0.2) is 28.7 Å². The van der Waals surface area contributed by atoms with Gasteiger partial charge in [-0.15, -0.1) is 0 Å². The average Bonchev–Trinajstić information content (AvgIpc) is 2.77. The topological polar surface area (TPSA) is 42.2 Å². The van der Waals surface area contributed by atoms with E-state index in [0.29, 0.717) is 6.42 Å². The van der Waals surface area contributed by atoms with E-state index in [-0.39, 0.29) is 0 Å². The molecule has 1 unspecified atom stereocenters. The zero-order valence-corrected chi connectivity index (χ0v) is 10.1. The van der Waals surface area contributed by atoms with Crippen LogP contribution in [0, 0.1) is 0 Å². The van der Waals surface area contributed by atoms with Crippen molar-refractivity contribution in [3.63, 3.8) is 0 Å². The lowest BCUT2D eigenvalue weighted by Crippen LogP contribution is -2.14. The number of carbonyl (C=O) groups is 1. The summed E-state index contributed by atoms with van der Waals surface area (Å²) in [5.41, 5.74) is 2.13. The SMILES string of the molecule is O=C(O)C1CCc2cc3c(Br)cccc3n21. The van der Waals surface area contributed by atoms with Crippen molar-refractivity contribution in [1.29, 1.82) is 0 Å². The molecule has 4 heteroatoms. The highest BCUT2D eigenvalue weighted by Crippen LogP contribution is 2.36. The number of aliphatic carboxylic acids is 1. The number of hydrogen-bond donors (Lipinski definition) is 1. The molecular weight excluding hydrogens is 270 g/mol. The molecule has 1 aliphatic rings. The van der Waals surface area contributed by atoms with E-state index in [4.69, 9.17) is 0 Å². The molecule has 3 nitrogen and oxygen atoms in total. The summed E-state index contributed by atoms with van der Waals surface area (Å²) in [6.45, 7) is 0. The summed E-state index contributed by atoms with van der Waals surface area (Å²) < 4.78 is 2.97. The minimum atomic E-state index is -0.740. The van der Waals surface area contributed by atoms with Gasteiger partial charge in [0.15, 0.2) is 0 Å². The number of nitrogens with zero attached hydrogens (tertiary/aromatic N) is 1. The molecule has 2 aromatic rings. The van der Waals surface area contributed by atoms with Gasteiger partial charge < -0.3 is 9.67 Å². The van der Waals surface area contributed by atoms with E-state index in [9.17, 15) is 9.90 Å². The van der Waals surface area contributed by atoms with E-state index in [1.165, 1.54) is 0 Å². The molecule has 0 saturated carbocycles. The largest absolute Gasteiger partial charge is 0.480 e. The molecule has 0 amide bonds. The highest BCUT2D eigenvalue weighted by atomic mass is 79.9. The lowest BCUT2D eigenvalue weighted by Gasteiger charge is -2.09. The fourth-order valence-corrected chi connectivity index (χ4v) is 2.95. The second-order valence-electron chi connectivity index (χ2n) is 4.07. The number of halogens is 1. The van der Waals surface area contributed by atoms with Crippen molar-refractivity contribution in [2.24, 2.45) is 0 Å². The Labute approximate surface area is 101 Å². The summed E-state index contributed by atoms with van der Waals surface area (Å²) in [5, 5.41) is 10.3. The molecule has 2 heterocycles. The fourth-order valence-electron chi connectivity index (χ4n) is 2.48. The third kappa shape index (κ3) is 1.23. The number of carboxylic acid groups (broad SMARTS) is 1. The van der Waals surface area contributed by atoms with Crippen LogP contribution in [-0.2, 0) is 11.2 Å². The summed E-state index contributed by atoms with van der Waals surface area (Å²) in [4.78, 5) is 11.2. The second kappa shape index (κ2) is 3.35. The van der Waals surface area contributed by atoms with Crippen LogP contribution in [0.4, 0.5) is 0 Å². The maximum absolute atomic E-state index is 11.2. The maximum Gasteiger partial charge on any atom is 0.326 e. The lowest BCUT2D eigenvalue weighted by atomic mass is 10.1. The van der Waals surface area contributed by atoms with E-state index in [2.05, 4.69) is 22.0 Å². The van der Waals surface area contributed by atoms with Gasteiger partial charge >= 0.3 is 5.97 Å². The molecule has 0 fully saturated rings. The molecule has 1 aliphatic heterocycles. The van der Waals surface area contributed by atoms with Crippen LogP contribution in [0.1, 0.15) is 18.2 Å². The molecule has 0 spiro atoms. The smallest absolute Gasteiger partial charge is 0.326 e. The van der Waals surface area contributed by atoms with E-state index in [0.717, 1.165) is 27.5 Å². The van der Waals surface area contributed by atoms with Crippen molar-refractivity contribution >= 4 is 32.8 Å². The minimum absolute atomic E-state index is 0.401. The molecule has 1 aromatic heterocycles. The third-order valence-electron chi connectivity index (χ3n) is 3.18. The molecule has 16 heavy (non-hydrogen) atoms. The van der Waals surface area contributed by atoms with Gasteiger partial charge in [-0.05, 0) is 31.0 Å². The lowest BCUT2D eigenvalue weighted by molar-refractivity contribution is -0.140. The Kier molecular flexibility index (Phi) is 2.07. The molecule has 3 rings (SSSR count). The molecule has 82 valence electrons. The van der Waals surface area contributed by atoms with Gasteiger partial charge in [0.2, 0.25) is 0 Å². The summed E-state index contributed by atoms with van der Waals surface area (Å²) in [7, 11) is 0. The van der Waals surface area contributed by atoms with E-state index >= 15 is 0 Å². The number of aromatic nitrogens is 1. The second-order valence-corrected chi connectivity index (χ2v) is 4.93. The van der Waals surface area contributed by atoms with Crippen LogP contribution in [-0.4, -0.2) is 15.6 Å². The van der Waals surface area contributed by atoms with Crippen LogP contribution < -0.4 is 0 Å². The summed E-state index contributed by atoms with van der Waals surface area (Å²) in [6.07, 6.45) is 1.55. The highest BCUT2D eigenvalue weighted by Gasteiger charge is 2.29. The third-order valence-corrected chi connectivity index (χ3v) is 3.87. The average molecular weight is 280 g/mol. The number of fused-ring (bicyclic) bond motifs is 3. The number of rotatable bonds is 1. The number of benzene rings is 1. The molecular formula is C12H10BrNO2. The zero-order chi connectivity index (χ0) is 11.3. The first kappa shape index (κ1) is 9.90. The van der Waals surface area contributed by atoms with Crippen molar-refractivity contribution in [2.75, 3.05) is 0 Å². The summed E-state index contributed by atoms with van der Waals surface area (Å²) >= 11 is 3.49. The van der Waals surface area contributed by atoms with Crippen LogP contribution in [0.3, 0.4) is 0 Å². The molecule has 0 aliphatic carbocycles. The van der Waals surface area contributed by atoms with Gasteiger partial charge in [0.25, 0.3) is 0 Å². The minimum Gasteiger partial charge on any atom is -0.480 e. The first-order valence-electron chi connectivity index (χ1n) is 5.19. The molecule has 1 N–H and O–H groups in total. The molecule has 0 saturated heterocycles. The predicted molar refractivity (Wildman–Crippen MR) is 64.6 cm³/mol. The first-order chi connectivity index (χ1) is 7.68. The van der Waals surface area contributed by atoms with Crippen LogP contribution in [0.25, 0.3) is 10.9 Å². The predicted octanol–water partition coefficient (Wildman–Crippen LogP) is 2.98. The number of carboxylic acids is 1. The van der Waals surface area contributed by atoms with Crippen molar-refractivity contribution < 1.29 is 9.90 Å². The van der Waals surface area contributed by atoms with Gasteiger partial charge in [-0.2, -0.15) is 0 Å². The maximum atomic E-state index is 11.2. The van der Waals surface area contributed by atoms with Gasteiger partial charge in [0.05, 0.1) is 5.52 Å². The molecule has 1 aromatic carbocycles. The van der Waals surface area contributed by atoms with Gasteiger partial charge in [0, 0.05) is 15.6 Å². The number of hydrogen-bond acceptors (Lipinski definition) is 1. The standard InChI is InChI=1S/C12H10BrNO2/c13-9-2-1-3-10-8(9)6-7-4-5-11(12(15)16)14(7)10/h1-3,6,11H,4-5H2,(H,15,16). The molecule has 0 bridgehead atoms. The Morgan fingerprint density at radius 3 is 3.06 bits per heavy atom. The van der Waals surface area contributed by atoms with Crippen LogP contribution >= 0.6 is 15.9 Å². The Bertz CT molecular complexity index is 588. The van der Waals surface area contributed by atoms with Gasteiger partial charge in [-0.25, -0.2) is 4.79 Å². The van der Waals surface area contributed by atoms with Crippen LogP contribution in [0.2, 0.25) is 0 Å². The van der Waals surface area contributed by atoms with Crippen LogP contribution in [0.5, 0.6) is 0 Å². The quantitative estimate of drug-likeness (QED) is 0.872. The molecule has 0 radical (unpaired) electrons. The fraction of sp³-hybridized carbons (Fsp3) is 0.250. The van der Waals surface area contributed by atoms with Gasteiger partial charge in [-0.3, -0.25) is 0 Å². The monoisotopic (exact) mass is 279 g/mol. The Hall–Kier alpha value is -1.29. The van der Waals surface area contributed by atoms with E-state index < -0.39 is 12.0 Å². The van der Waals surface area contributed by atoms with Crippen molar-refractivity contribution in [1.82, 2.24) is 4.57 Å². The summed E-state index contributed by atoms with van der Waals surface area (Å²) in [6, 6.07) is 7.58. The Morgan fingerprint density at radius 2 is 2.31 bits per heavy atom. The number of aryl methyl sites for hydroxylation is 1. The van der Waals surface area contributed by atoms with Crippen molar-refractivity contribution in [3.05, 3.63) is 34.4 Å². The Morgan fingerprint density at radius 1 is 1.50 bits per heavy atom. The normalized spacial score (nSPS) is 18.9. The van der Waals surface area contributed by atoms with E-state index in [1.807, 2.05) is 22.8 Å². The van der Waals surface area contributed by atoms with Crippen molar-refractivity contribution in [2.45, 2.75) is 18.9 Å². The van der Waals surface area contributed by atoms with Gasteiger partial charge in [-0.1, -0.05) is 22.0 Å².